The van der Waals surface area contributed by atoms with Crippen LogP contribution in [0, 0.1) is 0 Å². The number of aliphatic hydroxyl groups is 1. The summed E-state index contributed by atoms with van der Waals surface area (Å²) in [6.07, 6.45) is 1.38. The Morgan fingerprint density at radius 3 is 2.93 bits per heavy atom. The highest BCUT2D eigenvalue weighted by Gasteiger charge is 2.22. The third-order valence-corrected chi connectivity index (χ3v) is 6.45. The van der Waals surface area contributed by atoms with E-state index in [-0.39, 0.29) is 12.5 Å². The lowest BCUT2D eigenvalue weighted by Crippen LogP contribution is -2.42. The molecule has 1 amide bonds. The summed E-state index contributed by atoms with van der Waals surface area (Å²) in [6.45, 7) is 4.42. The van der Waals surface area contributed by atoms with Gasteiger partial charge in [-0.1, -0.05) is 24.3 Å². The summed E-state index contributed by atoms with van der Waals surface area (Å²) in [7, 11) is 2.07. The van der Waals surface area contributed by atoms with Crippen LogP contribution in [0.2, 0.25) is 0 Å². The van der Waals surface area contributed by atoms with Gasteiger partial charge in [0, 0.05) is 44.1 Å². The van der Waals surface area contributed by atoms with Crippen LogP contribution in [0.4, 0.5) is 0 Å². The normalized spacial score (nSPS) is 18.6. The first-order valence-corrected chi connectivity index (χ1v) is 10.3. The van der Waals surface area contributed by atoms with Crippen molar-refractivity contribution in [1.29, 1.82) is 0 Å². The van der Waals surface area contributed by atoms with Gasteiger partial charge in [0.25, 0.3) is 5.91 Å². The summed E-state index contributed by atoms with van der Waals surface area (Å²) in [6, 6.07) is 8.46. The molecule has 0 saturated carbocycles. The summed E-state index contributed by atoms with van der Waals surface area (Å²) >= 11 is 1.48. The maximum Gasteiger partial charge on any atom is 0.280 e. The van der Waals surface area contributed by atoms with Gasteiger partial charge in [-0.3, -0.25) is 9.69 Å². The molecule has 0 radical (unpaired) electrons. The molecule has 0 fully saturated rings. The van der Waals surface area contributed by atoms with Crippen LogP contribution in [0.1, 0.15) is 31.5 Å². The Morgan fingerprint density at radius 1 is 1.26 bits per heavy atom. The van der Waals surface area contributed by atoms with Crippen molar-refractivity contribution in [1.82, 2.24) is 20.1 Å². The van der Waals surface area contributed by atoms with Gasteiger partial charge >= 0.3 is 0 Å². The standard InChI is InChI=1S/C20H26N4O2S/c1-23-8-7-18-17(13-23)22-20(27-18)19(26)21-10-16(25)12-24-9-6-14-4-2-3-5-15(14)11-24/h2-5,16,25H,6-13H2,1H3,(H,21,26). The minimum Gasteiger partial charge on any atom is -0.390 e. The number of β-amino-alcohol motifs (C(OH)–C–C–N with tert-alkyl or cyclic N) is 1. The topological polar surface area (TPSA) is 68.7 Å². The number of hydrogen-bond acceptors (Lipinski definition) is 6. The van der Waals surface area contributed by atoms with Gasteiger partial charge in [0.15, 0.2) is 5.01 Å². The molecule has 7 heteroatoms. The Bertz CT molecular complexity index is 822. The Kier molecular flexibility index (Phi) is 5.54. The Hall–Kier alpha value is -1.80. The number of carbonyl (C=O) groups excluding carboxylic acids is 1. The lowest BCUT2D eigenvalue weighted by Gasteiger charge is -2.30. The van der Waals surface area contributed by atoms with Crippen LogP contribution < -0.4 is 5.32 Å². The van der Waals surface area contributed by atoms with E-state index in [1.807, 2.05) is 0 Å². The highest BCUT2D eigenvalue weighted by atomic mass is 32.1. The zero-order valence-electron chi connectivity index (χ0n) is 15.6. The van der Waals surface area contributed by atoms with Gasteiger partial charge in [-0.25, -0.2) is 4.98 Å². The van der Waals surface area contributed by atoms with Gasteiger partial charge in [0.1, 0.15) is 0 Å². The largest absolute Gasteiger partial charge is 0.390 e. The SMILES string of the molecule is CN1CCc2sc(C(=O)NCC(O)CN3CCc4ccccc4C3)nc2C1. The summed E-state index contributed by atoms with van der Waals surface area (Å²) in [5, 5.41) is 13.7. The number of aromatic nitrogens is 1. The quantitative estimate of drug-likeness (QED) is 0.810. The number of fused-ring (bicyclic) bond motifs is 2. The van der Waals surface area contributed by atoms with Crippen LogP contribution in [0.25, 0.3) is 0 Å². The maximum atomic E-state index is 12.4. The molecule has 2 N–H and O–H groups in total. The molecule has 0 spiro atoms. The molecule has 0 aliphatic carbocycles. The molecule has 2 aliphatic rings. The predicted molar refractivity (Wildman–Crippen MR) is 106 cm³/mol. The van der Waals surface area contributed by atoms with E-state index >= 15 is 0 Å². The molecular formula is C20H26N4O2S. The van der Waals surface area contributed by atoms with E-state index in [0.717, 1.165) is 44.7 Å². The van der Waals surface area contributed by atoms with E-state index in [1.54, 1.807) is 0 Å². The lowest BCUT2D eigenvalue weighted by molar-refractivity contribution is 0.0841. The Labute approximate surface area is 163 Å². The van der Waals surface area contributed by atoms with Gasteiger partial charge in [0.2, 0.25) is 0 Å². The average Bonchev–Trinajstić information content (AvgIpc) is 3.09. The van der Waals surface area contributed by atoms with Crippen molar-refractivity contribution in [2.75, 3.05) is 33.2 Å². The van der Waals surface area contributed by atoms with E-state index in [1.165, 1.54) is 27.3 Å². The third kappa shape index (κ3) is 4.38. The van der Waals surface area contributed by atoms with E-state index in [4.69, 9.17) is 0 Å². The summed E-state index contributed by atoms with van der Waals surface area (Å²) in [5.74, 6) is -0.180. The predicted octanol–water partition coefficient (Wildman–Crippen LogP) is 1.28. The second-order valence-electron chi connectivity index (χ2n) is 7.49. The summed E-state index contributed by atoms with van der Waals surface area (Å²) in [4.78, 5) is 22.6. The van der Waals surface area contributed by atoms with Crippen molar-refractivity contribution in [2.45, 2.75) is 32.0 Å². The van der Waals surface area contributed by atoms with Crippen LogP contribution in [-0.2, 0) is 25.9 Å². The maximum absolute atomic E-state index is 12.4. The van der Waals surface area contributed by atoms with Crippen LogP contribution in [0.15, 0.2) is 24.3 Å². The fraction of sp³-hybridized carbons (Fsp3) is 0.500. The molecule has 6 nitrogen and oxygen atoms in total. The molecule has 27 heavy (non-hydrogen) atoms. The summed E-state index contributed by atoms with van der Waals surface area (Å²) < 4.78 is 0. The second-order valence-corrected chi connectivity index (χ2v) is 8.58. The van der Waals surface area contributed by atoms with Crippen molar-refractivity contribution in [2.24, 2.45) is 0 Å². The van der Waals surface area contributed by atoms with Gasteiger partial charge in [0.05, 0.1) is 11.8 Å². The molecule has 1 atom stereocenters. The average molecular weight is 387 g/mol. The molecular weight excluding hydrogens is 360 g/mol. The van der Waals surface area contributed by atoms with Gasteiger partial charge in [-0.2, -0.15) is 0 Å². The van der Waals surface area contributed by atoms with Crippen molar-refractivity contribution in [3.63, 3.8) is 0 Å². The lowest BCUT2D eigenvalue weighted by atomic mass is 10.00. The highest BCUT2D eigenvalue weighted by Crippen LogP contribution is 2.24. The summed E-state index contributed by atoms with van der Waals surface area (Å²) in [5.41, 5.74) is 3.75. The molecule has 4 rings (SSSR count). The highest BCUT2D eigenvalue weighted by molar-refractivity contribution is 7.13. The number of nitrogens with zero attached hydrogens (tertiary/aromatic N) is 3. The van der Waals surface area contributed by atoms with Gasteiger partial charge in [-0.05, 0) is 31.0 Å². The Balaban J connectivity index is 1.27. The first-order valence-electron chi connectivity index (χ1n) is 9.51. The van der Waals surface area contributed by atoms with E-state index in [9.17, 15) is 9.90 Å². The first kappa shape index (κ1) is 18.6. The number of benzene rings is 1. The van der Waals surface area contributed by atoms with Crippen LogP contribution in [0.3, 0.4) is 0 Å². The second kappa shape index (κ2) is 8.06. The fourth-order valence-corrected chi connectivity index (χ4v) is 4.76. The molecule has 1 aromatic carbocycles. The number of likely N-dealkylation sites (N-methyl/N-ethyl adjacent to an activating group) is 1. The molecule has 1 aromatic heterocycles. The molecule has 1 unspecified atom stereocenters. The monoisotopic (exact) mass is 386 g/mol. The van der Waals surface area contributed by atoms with Crippen molar-refractivity contribution in [3.05, 3.63) is 51.0 Å². The van der Waals surface area contributed by atoms with Gasteiger partial charge < -0.3 is 15.3 Å². The zero-order chi connectivity index (χ0) is 18.8. The molecule has 0 saturated heterocycles. The van der Waals surface area contributed by atoms with Crippen LogP contribution in [0.5, 0.6) is 0 Å². The van der Waals surface area contributed by atoms with E-state index < -0.39 is 6.10 Å². The van der Waals surface area contributed by atoms with Crippen LogP contribution in [-0.4, -0.2) is 65.1 Å². The number of amides is 1. The Morgan fingerprint density at radius 2 is 2.07 bits per heavy atom. The number of rotatable bonds is 5. The van der Waals surface area contributed by atoms with E-state index in [2.05, 4.69) is 51.4 Å². The van der Waals surface area contributed by atoms with E-state index in [0.29, 0.717) is 11.6 Å². The number of hydrogen-bond donors (Lipinski definition) is 2. The molecule has 2 aliphatic heterocycles. The molecule has 0 bridgehead atoms. The first-order chi connectivity index (χ1) is 13.1. The molecule has 144 valence electrons. The molecule has 3 heterocycles. The molecule has 2 aromatic rings. The number of aliphatic hydroxyl groups excluding tert-OH is 1. The fourth-order valence-electron chi connectivity index (χ4n) is 3.79. The number of thiazole rings is 1. The number of nitrogens with one attached hydrogen (secondary N) is 1. The van der Waals surface area contributed by atoms with Gasteiger partial charge in [-0.15, -0.1) is 11.3 Å². The minimum absolute atomic E-state index is 0.180. The minimum atomic E-state index is -0.583. The van der Waals surface area contributed by atoms with Crippen molar-refractivity contribution in [3.8, 4) is 0 Å². The number of carbonyl (C=O) groups is 1. The smallest absolute Gasteiger partial charge is 0.280 e. The zero-order valence-corrected chi connectivity index (χ0v) is 16.5. The van der Waals surface area contributed by atoms with Crippen molar-refractivity contribution >= 4 is 17.2 Å². The van der Waals surface area contributed by atoms with Crippen molar-refractivity contribution < 1.29 is 9.90 Å². The van der Waals surface area contributed by atoms with Crippen LogP contribution >= 0.6 is 11.3 Å². The third-order valence-electron chi connectivity index (χ3n) is 5.29.